The van der Waals surface area contributed by atoms with Gasteiger partial charge in [-0.2, -0.15) is 0 Å². The normalized spacial score (nSPS) is 15.6. The zero-order valence-corrected chi connectivity index (χ0v) is 22.3. The Morgan fingerprint density at radius 3 is 2.44 bits per heavy atom. The molecule has 36 heavy (non-hydrogen) atoms. The van der Waals surface area contributed by atoms with Crippen LogP contribution in [-0.4, -0.2) is 44.2 Å². The topological polar surface area (TPSA) is 95.7 Å². The van der Waals surface area contributed by atoms with Gasteiger partial charge in [0, 0.05) is 33.8 Å². The first-order chi connectivity index (χ1) is 17.1. The highest BCUT2D eigenvalue weighted by molar-refractivity contribution is 7.98. The van der Waals surface area contributed by atoms with Crippen molar-refractivity contribution in [3.05, 3.63) is 48.2 Å². The highest BCUT2D eigenvalue weighted by Gasteiger charge is 2.28. The molecular formula is C28H36N4O3S. The number of anilines is 1. The number of amides is 1. The minimum atomic E-state index is -0.885. The van der Waals surface area contributed by atoms with Crippen molar-refractivity contribution in [3.63, 3.8) is 0 Å². The first kappa shape index (κ1) is 26.1. The van der Waals surface area contributed by atoms with Crippen LogP contribution >= 0.6 is 11.8 Å². The third-order valence-corrected chi connectivity index (χ3v) is 7.42. The standard InChI is InChI=1S/C28H36N4O3S/c1-28(2,3)31-26-25(19-10-12-21(36-4)13-11-19)30-23-16-20(14-15-32(23)26)27(35)29-22(17-24(33)34)18-8-6-5-7-9-18/h10-16,18,22,31H,5-9,17H2,1-4H3,(H,29,35)(H,33,34). The lowest BCUT2D eigenvalue weighted by Crippen LogP contribution is -2.42. The van der Waals surface area contributed by atoms with Crippen LogP contribution in [0.1, 0.15) is 69.7 Å². The van der Waals surface area contributed by atoms with Crippen LogP contribution in [0.5, 0.6) is 0 Å². The van der Waals surface area contributed by atoms with Crippen molar-refractivity contribution in [2.45, 2.75) is 75.8 Å². The Kier molecular flexibility index (Phi) is 7.93. The van der Waals surface area contributed by atoms with E-state index in [2.05, 4.69) is 55.7 Å². The van der Waals surface area contributed by atoms with Crippen LogP contribution in [0.2, 0.25) is 0 Å². The van der Waals surface area contributed by atoms with Gasteiger partial charge in [0.25, 0.3) is 5.91 Å². The van der Waals surface area contributed by atoms with Crippen molar-refractivity contribution >= 4 is 35.1 Å². The summed E-state index contributed by atoms with van der Waals surface area (Å²) in [6.07, 6.45) is 9.11. The average molecular weight is 509 g/mol. The van der Waals surface area contributed by atoms with Gasteiger partial charge in [0.2, 0.25) is 0 Å². The molecule has 2 heterocycles. The van der Waals surface area contributed by atoms with Crippen molar-refractivity contribution in [1.29, 1.82) is 0 Å². The summed E-state index contributed by atoms with van der Waals surface area (Å²) in [5.74, 6) is -0.0714. The molecule has 8 heteroatoms. The van der Waals surface area contributed by atoms with Crippen LogP contribution < -0.4 is 10.6 Å². The number of pyridine rings is 1. The molecule has 4 rings (SSSR count). The number of nitrogens with one attached hydrogen (secondary N) is 2. The summed E-state index contributed by atoms with van der Waals surface area (Å²) in [6, 6.07) is 11.5. The molecule has 0 saturated heterocycles. The molecule has 1 aliphatic rings. The summed E-state index contributed by atoms with van der Waals surface area (Å²) in [4.78, 5) is 30.8. The second-order valence-electron chi connectivity index (χ2n) is 10.6. The van der Waals surface area contributed by atoms with Gasteiger partial charge in [-0.15, -0.1) is 11.8 Å². The summed E-state index contributed by atoms with van der Waals surface area (Å²) in [6.45, 7) is 6.30. The molecule has 3 N–H and O–H groups in total. The van der Waals surface area contributed by atoms with Gasteiger partial charge in [-0.1, -0.05) is 31.4 Å². The van der Waals surface area contributed by atoms with Crippen LogP contribution in [0.4, 0.5) is 5.82 Å². The van der Waals surface area contributed by atoms with E-state index in [1.165, 1.54) is 11.3 Å². The number of carboxylic acid groups (broad SMARTS) is 1. The molecule has 1 amide bonds. The molecular weight excluding hydrogens is 472 g/mol. The van der Waals surface area contributed by atoms with Crippen LogP contribution in [0.3, 0.4) is 0 Å². The van der Waals surface area contributed by atoms with Crippen LogP contribution in [0.15, 0.2) is 47.5 Å². The first-order valence-corrected chi connectivity index (χ1v) is 13.8. The monoisotopic (exact) mass is 508 g/mol. The zero-order chi connectivity index (χ0) is 25.9. The largest absolute Gasteiger partial charge is 0.481 e. The number of benzene rings is 1. The fourth-order valence-corrected chi connectivity index (χ4v) is 5.33. The molecule has 1 aromatic carbocycles. The first-order valence-electron chi connectivity index (χ1n) is 12.6. The number of imidazole rings is 1. The lowest BCUT2D eigenvalue weighted by Gasteiger charge is -2.30. The summed E-state index contributed by atoms with van der Waals surface area (Å²) in [5.41, 5.74) is 2.76. The predicted octanol–water partition coefficient (Wildman–Crippen LogP) is 6.09. The van der Waals surface area contributed by atoms with Crippen LogP contribution in [0.25, 0.3) is 16.9 Å². The quantitative estimate of drug-likeness (QED) is 0.319. The van der Waals surface area contributed by atoms with E-state index >= 15 is 0 Å². The van der Waals surface area contributed by atoms with E-state index in [9.17, 15) is 14.7 Å². The van der Waals surface area contributed by atoms with Crippen molar-refractivity contribution in [3.8, 4) is 11.3 Å². The fourth-order valence-electron chi connectivity index (χ4n) is 4.92. The van der Waals surface area contributed by atoms with Gasteiger partial charge in [0.05, 0.1) is 6.42 Å². The van der Waals surface area contributed by atoms with E-state index < -0.39 is 5.97 Å². The number of hydrogen-bond donors (Lipinski definition) is 3. The van der Waals surface area contributed by atoms with E-state index in [0.29, 0.717) is 11.2 Å². The van der Waals surface area contributed by atoms with Gasteiger partial charge in [-0.25, -0.2) is 4.98 Å². The van der Waals surface area contributed by atoms with Crippen molar-refractivity contribution in [1.82, 2.24) is 14.7 Å². The lowest BCUT2D eigenvalue weighted by molar-refractivity contribution is -0.137. The van der Waals surface area contributed by atoms with Crippen molar-refractivity contribution < 1.29 is 14.7 Å². The molecule has 0 bridgehead atoms. The van der Waals surface area contributed by atoms with Crippen molar-refractivity contribution in [2.24, 2.45) is 5.92 Å². The van der Waals surface area contributed by atoms with Crippen LogP contribution in [0, 0.1) is 5.92 Å². The average Bonchev–Trinajstić information content (AvgIpc) is 3.20. The number of aromatic nitrogens is 2. The number of thioether (sulfide) groups is 1. The smallest absolute Gasteiger partial charge is 0.305 e. The molecule has 1 saturated carbocycles. The SMILES string of the molecule is CSc1ccc(-c2nc3cc(C(=O)NC(CC(=O)O)C4CCCCC4)ccn3c2NC(C)(C)C)cc1. The highest BCUT2D eigenvalue weighted by Crippen LogP contribution is 2.32. The van der Waals surface area contributed by atoms with E-state index in [1.54, 1.807) is 23.9 Å². The Labute approximate surface area is 217 Å². The summed E-state index contributed by atoms with van der Waals surface area (Å²) < 4.78 is 1.97. The number of nitrogens with zero attached hydrogens (tertiary/aromatic N) is 2. The van der Waals surface area contributed by atoms with Gasteiger partial charge >= 0.3 is 5.97 Å². The Morgan fingerprint density at radius 2 is 1.83 bits per heavy atom. The predicted molar refractivity (Wildman–Crippen MR) is 146 cm³/mol. The van der Waals surface area contributed by atoms with E-state index in [1.807, 2.05) is 16.9 Å². The maximum Gasteiger partial charge on any atom is 0.305 e. The van der Waals surface area contributed by atoms with E-state index in [-0.39, 0.29) is 29.8 Å². The lowest BCUT2D eigenvalue weighted by atomic mass is 9.82. The van der Waals surface area contributed by atoms with Crippen LogP contribution in [-0.2, 0) is 4.79 Å². The number of carbonyl (C=O) groups excluding carboxylic acids is 1. The Bertz CT molecular complexity index is 1220. The third-order valence-electron chi connectivity index (χ3n) is 6.68. The van der Waals surface area contributed by atoms with Gasteiger partial charge in [-0.05, 0) is 70.1 Å². The number of rotatable bonds is 8. The van der Waals surface area contributed by atoms with E-state index in [4.69, 9.17) is 4.98 Å². The third kappa shape index (κ3) is 6.22. The molecule has 2 aromatic heterocycles. The van der Waals surface area contributed by atoms with Gasteiger partial charge in [0.1, 0.15) is 17.2 Å². The molecule has 192 valence electrons. The summed E-state index contributed by atoms with van der Waals surface area (Å²) in [5, 5.41) is 16.0. The van der Waals surface area contributed by atoms with Crippen molar-refractivity contribution in [2.75, 3.05) is 11.6 Å². The second kappa shape index (κ2) is 10.9. The Hall–Kier alpha value is -3.00. The number of aliphatic carboxylic acids is 1. The van der Waals surface area contributed by atoms with Gasteiger partial charge < -0.3 is 15.7 Å². The number of fused-ring (bicyclic) bond motifs is 1. The maximum atomic E-state index is 13.2. The molecule has 0 spiro atoms. The number of carbonyl (C=O) groups is 2. The number of hydrogen-bond acceptors (Lipinski definition) is 5. The van der Waals surface area contributed by atoms with E-state index in [0.717, 1.165) is 42.8 Å². The molecule has 1 aliphatic carbocycles. The minimum Gasteiger partial charge on any atom is -0.481 e. The highest BCUT2D eigenvalue weighted by atomic mass is 32.2. The molecule has 1 unspecified atom stereocenters. The Morgan fingerprint density at radius 1 is 1.14 bits per heavy atom. The Balaban J connectivity index is 1.66. The molecule has 1 fully saturated rings. The molecule has 1 atom stereocenters. The maximum absolute atomic E-state index is 13.2. The molecule has 3 aromatic rings. The molecule has 0 aliphatic heterocycles. The van der Waals surface area contributed by atoms with Gasteiger partial charge in [0.15, 0.2) is 0 Å². The number of carboxylic acids is 1. The molecule has 7 nitrogen and oxygen atoms in total. The summed E-state index contributed by atoms with van der Waals surface area (Å²) >= 11 is 1.69. The second-order valence-corrected chi connectivity index (χ2v) is 11.5. The fraction of sp³-hybridized carbons (Fsp3) is 0.464. The van der Waals surface area contributed by atoms with Gasteiger partial charge in [-0.3, -0.25) is 14.0 Å². The molecule has 0 radical (unpaired) electrons. The summed E-state index contributed by atoms with van der Waals surface area (Å²) in [7, 11) is 0. The minimum absolute atomic E-state index is 0.0577. The zero-order valence-electron chi connectivity index (χ0n) is 21.5.